The number of para-hydroxylation sites is 2. The molecule has 1 atom stereocenters. The molecule has 0 amide bonds. The summed E-state index contributed by atoms with van der Waals surface area (Å²) >= 11 is 0. The number of hydroxylamine groups is 2. The van der Waals surface area contributed by atoms with E-state index in [1.165, 1.54) is 0 Å². The normalized spacial score (nSPS) is 19.6. The van der Waals surface area contributed by atoms with Crippen LogP contribution in [0.15, 0.2) is 72.2 Å². The first-order valence-electron chi connectivity index (χ1n) is 7.76. The molecule has 0 spiro atoms. The van der Waals surface area contributed by atoms with Gasteiger partial charge in [0.1, 0.15) is 17.0 Å². The second-order valence-corrected chi connectivity index (χ2v) is 8.15. The van der Waals surface area contributed by atoms with Gasteiger partial charge in [-0.3, -0.25) is 0 Å². The highest BCUT2D eigenvalue weighted by molar-refractivity contribution is 7.58. The van der Waals surface area contributed by atoms with E-state index in [1.54, 1.807) is 54.6 Å². The predicted octanol–water partition coefficient (Wildman–Crippen LogP) is 3.74. The van der Waals surface area contributed by atoms with E-state index in [4.69, 9.17) is 9.05 Å². The second-order valence-electron chi connectivity index (χ2n) is 6.31. The lowest BCUT2D eigenvalue weighted by Crippen LogP contribution is -3.11. The van der Waals surface area contributed by atoms with Crippen LogP contribution in [-0.2, 0) is 4.57 Å². The Morgan fingerprint density at radius 2 is 1.42 bits per heavy atom. The molecular formula is C18H20NO4P. The number of rotatable bonds is 5. The maximum absolute atomic E-state index is 13.5. The summed E-state index contributed by atoms with van der Waals surface area (Å²) < 4.78 is 24.9. The van der Waals surface area contributed by atoms with Crippen molar-refractivity contribution >= 4 is 7.60 Å². The highest BCUT2D eigenvalue weighted by atomic mass is 31.2. The average molecular weight is 345 g/mol. The molecule has 0 aliphatic carbocycles. The fourth-order valence-electron chi connectivity index (χ4n) is 2.48. The minimum atomic E-state index is -3.84. The van der Waals surface area contributed by atoms with Crippen LogP contribution in [0, 0.1) is 5.21 Å². The van der Waals surface area contributed by atoms with Gasteiger partial charge in [-0.25, -0.2) is 4.57 Å². The van der Waals surface area contributed by atoms with Crippen LogP contribution in [0.1, 0.15) is 20.3 Å². The molecule has 0 saturated heterocycles. The van der Waals surface area contributed by atoms with Crippen LogP contribution in [0.4, 0.5) is 0 Å². The molecule has 3 rings (SSSR count). The van der Waals surface area contributed by atoms with E-state index < -0.39 is 13.1 Å². The lowest BCUT2D eigenvalue weighted by Gasteiger charge is -2.34. The first-order valence-corrected chi connectivity index (χ1v) is 9.30. The molecule has 1 heterocycles. The van der Waals surface area contributed by atoms with Crippen molar-refractivity contribution in [3.8, 4) is 11.5 Å². The Morgan fingerprint density at radius 3 is 1.79 bits per heavy atom. The van der Waals surface area contributed by atoms with Crippen LogP contribution < -0.4 is 14.1 Å². The van der Waals surface area contributed by atoms with Crippen molar-refractivity contribution in [2.24, 2.45) is 0 Å². The highest BCUT2D eigenvalue weighted by Crippen LogP contribution is 2.54. The molecule has 24 heavy (non-hydrogen) atoms. The minimum Gasteiger partial charge on any atom is -0.628 e. The van der Waals surface area contributed by atoms with Crippen LogP contribution >= 0.6 is 7.60 Å². The lowest BCUT2D eigenvalue weighted by molar-refractivity contribution is -0.848. The van der Waals surface area contributed by atoms with Gasteiger partial charge in [-0.05, 0) is 44.2 Å². The van der Waals surface area contributed by atoms with E-state index in [1.807, 2.05) is 26.0 Å². The predicted molar refractivity (Wildman–Crippen MR) is 92.9 cm³/mol. The molecule has 5 nitrogen and oxygen atoms in total. The van der Waals surface area contributed by atoms with Crippen molar-refractivity contribution in [1.82, 2.24) is 0 Å². The van der Waals surface area contributed by atoms with Gasteiger partial charge in [-0.2, -0.15) is 0 Å². The van der Waals surface area contributed by atoms with Crippen molar-refractivity contribution in [1.29, 1.82) is 0 Å². The van der Waals surface area contributed by atoms with Gasteiger partial charge in [0.25, 0.3) is 0 Å². The average Bonchev–Trinajstić information content (AvgIpc) is 2.83. The number of quaternary nitrogens is 1. The Balaban J connectivity index is 1.96. The van der Waals surface area contributed by atoms with Gasteiger partial charge >= 0.3 is 7.60 Å². The third-order valence-corrected chi connectivity index (χ3v) is 5.76. The summed E-state index contributed by atoms with van der Waals surface area (Å²) in [5.74, 6) is 0.797. The Bertz CT molecular complexity index is 729. The molecule has 126 valence electrons. The third-order valence-electron chi connectivity index (χ3n) is 3.89. The molecule has 0 aromatic heterocycles. The van der Waals surface area contributed by atoms with Crippen LogP contribution in [0.25, 0.3) is 0 Å². The van der Waals surface area contributed by atoms with Crippen LogP contribution in [0.3, 0.4) is 0 Å². The standard InChI is InChI=1S/C18H20NO4P/c1-18(2)14-13-17(19(18)20)24(21,22-15-9-5-3-6-10-15)23-16-11-7-4-8-12-16/h3-13,19H,14H2,1-2H3. The van der Waals surface area contributed by atoms with E-state index in [2.05, 4.69) is 0 Å². The zero-order valence-electron chi connectivity index (χ0n) is 13.6. The molecule has 1 aliphatic heterocycles. The molecule has 6 heteroatoms. The summed E-state index contributed by atoms with van der Waals surface area (Å²) in [4.78, 5) is 0. The smallest absolute Gasteiger partial charge is 0.515 e. The van der Waals surface area contributed by atoms with Gasteiger partial charge in [-0.1, -0.05) is 36.4 Å². The molecule has 0 bridgehead atoms. The molecule has 1 aliphatic rings. The van der Waals surface area contributed by atoms with Gasteiger partial charge in [0.15, 0.2) is 0 Å². The number of benzene rings is 2. The molecule has 0 fully saturated rings. The molecule has 1 N–H and O–H groups in total. The van der Waals surface area contributed by atoms with Crippen LogP contribution in [-0.4, -0.2) is 5.54 Å². The second kappa shape index (κ2) is 6.44. The van der Waals surface area contributed by atoms with E-state index in [0.29, 0.717) is 17.9 Å². The molecule has 0 radical (unpaired) electrons. The maximum Gasteiger partial charge on any atom is 0.515 e. The summed E-state index contributed by atoms with van der Waals surface area (Å²) in [6.07, 6.45) is 2.19. The third kappa shape index (κ3) is 3.39. The summed E-state index contributed by atoms with van der Waals surface area (Å²) in [6.45, 7) is 3.66. The number of hydrogen-bond acceptors (Lipinski definition) is 4. The van der Waals surface area contributed by atoms with Crippen LogP contribution in [0.2, 0.25) is 0 Å². The molecule has 2 aromatic rings. The summed E-state index contributed by atoms with van der Waals surface area (Å²) in [7, 11) is -3.84. The zero-order chi connectivity index (χ0) is 17.2. The Labute approximate surface area is 141 Å². The quantitative estimate of drug-likeness (QED) is 0.662. The van der Waals surface area contributed by atoms with Gasteiger partial charge in [0, 0.05) is 6.42 Å². The number of nitrogens with one attached hydrogen (secondary N) is 1. The Morgan fingerprint density at radius 1 is 0.958 bits per heavy atom. The summed E-state index contributed by atoms with van der Waals surface area (Å²) in [5, 5.41) is 12.5. The monoisotopic (exact) mass is 345 g/mol. The highest BCUT2D eigenvalue weighted by Gasteiger charge is 2.47. The van der Waals surface area contributed by atoms with E-state index >= 15 is 0 Å². The van der Waals surface area contributed by atoms with E-state index in [-0.39, 0.29) is 10.5 Å². The maximum atomic E-state index is 13.5. The minimum absolute atomic E-state index is 0.125. The molecule has 2 aromatic carbocycles. The van der Waals surface area contributed by atoms with Gasteiger partial charge in [0.05, 0.1) is 0 Å². The first kappa shape index (κ1) is 16.8. The zero-order valence-corrected chi connectivity index (χ0v) is 14.5. The van der Waals surface area contributed by atoms with E-state index in [9.17, 15) is 9.77 Å². The van der Waals surface area contributed by atoms with Crippen molar-refractivity contribution in [3.05, 3.63) is 77.4 Å². The van der Waals surface area contributed by atoms with Crippen molar-refractivity contribution < 1.29 is 18.7 Å². The van der Waals surface area contributed by atoms with Crippen LogP contribution in [0.5, 0.6) is 11.5 Å². The Kier molecular flexibility index (Phi) is 4.50. The van der Waals surface area contributed by atoms with Gasteiger partial charge < -0.3 is 19.3 Å². The largest absolute Gasteiger partial charge is 0.628 e. The molecule has 1 unspecified atom stereocenters. The topological polar surface area (TPSA) is 63.0 Å². The SMILES string of the molecule is CC1(C)CC=C(P(=O)(Oc2ccccc2)Oc2ccccc2)[NH+]1[O-]. The fraction of sp³-hybridized carbons (Fsp3) is 0.222. The molecular weight excluding hydrogens is 325 g/mol. The van der Waals surface area contributed by atoms with Crippen molar-refractivity contribution in [2.75, 3.05) is 0 Å². The Hall–Kier alpha value is -2.07. The molecule has 0 saturated carbocycles. The number of hydrogen-bond donors (Lipinski definition) is 1. The van der Waals surface area contributed by atoms with Gasteiger partial charge in [0.2, 0.25) is 5.44 Å². The van der Waals surface area contributed by atoms with E-state index in [0.717, 1.165) is 0 Å². The summed E-state index contributed by atoms with van der Waals surface area (Å²) in [6, 6.07) is 17.5. The lowest BCUT2D eigenvalue weighted by atomic mass is 10.0. The fourth-order valence-corrected chi connectivity index (χ4v) is 4.38. The van der Waals surface area contributed by atoms with Crippen molar-refractivity contribution in [2.45, 2.75) is 25.8 Å². The van der Waals surface area contributed by atoms with Crippen molar-refractivity contribution in [3.63, 3.8) is 0 Å². The first-order chi connectivity index (χ1) is 11.4. The van der Waals surface area contributed by atoms with Gasteiger partial charge in [-0.15, -0.1) is 0 Å². The summed E-state index contributed by atoms with van der Waals surface area (Å²) in [5.41, 5.74) is -0.467.